The number of sulfonamides is 1. The average Bonchev–Trinajstić information content (AvgIpc) is 2.92. The van der Waals surface area contributed by atoms with Gasteiger partial charge < -0.3 is 10.2 Å². The third kappa shape index (κ3) is 7.43. The number of aryl methyl sites for hydroxylation is 2. The fourth-order valence-electron chi connectivity index (χ4n) is 4.16. The van der Waals surface area contributed by atoms with Crippen molar-refractivity contribution in [3.8, 4) is 0 Å². The fraction of sp³-hybridized carbons (Fsp3) is 0.355. The van der Waals surface area contributed by atoms with Crippen LogP contribution in [-0.2, 0) is 26.2 Å². The van der Waals surface area contributed by atoms with Crippen LogP contribution in [0.15, 0.2) is 71.6 Å². The Bertz CT molecular complexity index is 1440. The van der Waals surface area contributed by atoms with Gasteiger partial charge in [-0.3, -0.25) is 13.9 Å². The van der Waals surface area contributed by atoms with Crippen LogP contribution in [0.2, 0.25) is 5.02 Å². The molecule has 0 aliphatic rings. The van der Waals surface area contributed by atoms with E-state index in [4.69, 9.17) is 11.6 Å². The quantitative estimate of drug-likeness (QED) is 0.309. The maximum Gasteiger partial charge on any atom is 0.264 e. The number of nitrogens with zero attached hydrogens (tertiary/aromatic N) is 2. The molecule has 3 aromatic carbocycles. The maximum atomic E-state index is 14.0. The third-order valence-corrected chi connectivity index (χ3v) is 9.22. The van der Waals surface area contributed by atoms with Crippen LogP contribution < -0.4 is 9.62 Å². The monoisotopic (exact) mass is 583 g/mol. The van der Waals surface area contributed by atoms with Crippen LogP contribution in [0.4, 0.5) is 5.69 Å². The number of anilines is 1. The highest BCUT2D eigenvalue weighted by molar-refractivity contribution is 7.92. The molecule has 0 saturated carbocycles. The van der Waals surface area contributed by atoms with Crippen LogP contribution in [0.1, 0.15) is 49.4 Å². The minimum atomic E-state index is -4.16. The van der Waals surface area contributed by atoms with Crippen LogP contribution in [0.25, 0.3) is 0 Å². The van der Waals surface area contributed by atoms with E-state index >= 15 is 0 Å². The van der Waals surface area contributed by atoms with E-state index < -0.39 is 28.5 Å². The summed E-state index contributed by atoms with van der Waals surface area (Å²) in [6.45, 7) is 10.7. The Morgan fingerprint density at radius 1 is 0.900 bits per heavy atom. The lowest BCUT2D eigenvalue weighted by Gasteiger charge is -2.33. The highest BCUT2D eigenvalue weighted by Gasteiger charge is 2.33. The zero-order chi connectivity index (χ0) is 29.6. The van der Waals surface area contributed by atoms with E-state index in [1.54, 1.807) is 44.2 Å². The summed E-state index contributed by atoms with van der Waals surface area (Å²) in [7, 11) is -4.16. The lowest BCUT2D eigenvalue weighted by molar-refractivity contribution is -0.139. The number of rotatable bonds is 11. The van der Waals surface area contributed by atoms with Crippen molar-refractivity contribution in [1.82, 2.24) is 10.2 Å². The molecule has 3 rings (SSSR count). The largest absolute Gasteiger partial charge is 0.352 e. The van der Waals surface area contributed by atoms with Crippen LogP contribution >= 0.6 is 11.6 Å². The van der Waals surface area contributed by atoms with Gasteiger partial charge in [0, 0.05) is 17.6 Å². The van der Waals surface area contributed by atoms with Gasteiger partial charge in [-0.1, -0.05) is 72.1 Å². The van der Waals surface area contributed by atoms with E-state index in [9.17, 15) is 18.0 Å². The Morgan fingerprint density at radius 2 is 1.48 bits per heavy atom. The summed E-state index contributed by atoms with van der Waals surface area (Å²) in [4.78, 5) is 28.7. The van der Waals surface area contributed by atoms with E-state index in [1.165, 1.54) is 17.0 Å². The highest BCUT2D eigenvalue weighted by atomic mass is 35.5. The molecule has 9 heteroatoms. The number of nitrogens with one attached hydrogen (secondary N) is 1. The van der Waals surface area contributed by atoms with Gasteiger partial charge in [-0.2, -0.15) is 0 Å². The van der Waals surface area contributed by atoms with Crippen molar-refractivity contribution in [1.29, 1.82) is 0 Å². The predicted octanol–water partition coefficient (Wildman–Crippen LogP) is 5.79. The second kappa shape index (κ2) is 13.3. The van der Waals surface area contributed by atoms with Crippen molar-refractivity contribution >= 4 is 39.1 Å². The van der Waals surface area contributed by atoms with E-state index in [0.29, 0.717) is 16.3 Å². The number of halogens is 1. The van der Waals surface area contributed by atoms with Gasteiger partial charge in [0.1, 0.15) is 12.6 Å². The maximum absolute atomic E-state index is 14.0. The van der Waals surface area contributed by atoms with Crippen LogP contribution in [0.5, 0.6) is 0 Å². The molecule has 1 N–H and O–H groups in total. The van der Waals surface area contributed by atoms with Crippen molar-refractivity contribution < 1.29 is 18.0 Å². The first-order valence-corrected chi connectivity index (χ1v) is 15.2. The number of hydrogen-bond donors (Lipinski definition) is 1. The molecule has 0 heterocycles. The zero-order valence-corrected chi connectivity index (χ0v) is 25.5. The second-order valence-corrected chi connectivity index (χ2v) is 12.5. The van der Waals surface area contributed by atoms with Crippen molar-refractivity contribution in [3.05, 3.63) is 94.0 Å². The second-order valence-electron chi connectivity index (χ2n) is 10.2. The molecule has 0 spiro atoms. The molecule has 0 aromatic heterocycles. The molecule has 2 atom stereocenters. The molecule has 214 valence electrons. The molecule has 7 nitrogen and oxygen atoms in total. The minimum absolute atomic E-state index is 0.0536. The first-order valence-electron chi connectivity index (χ1n) is 13.3. The lowest BCUT2D eigenvalue weighted by Crippen LogP contribution is -2.52. The van der Waals surface area contributed by atoms with Crippen LogP contribution in [0, 0.1) is 20.8 Å². The number of carbonyl (C=O) groups excluding carboxylic acids is 2. The first kappa shape index (κ1) is 31.2. The molecule has 0 aliphatic heterocycles. The van der Waals surface area contributed by atoms with Gasteiger partial charge in [0.25, 0.3) is 10.0 Å². The molecule has 2 amide bonds. The van der Waals surface area contributed by atoms with E-state index in [2.05, 4.69) is 5.32 Å². The Hall–Kier alpha value is -3.36. The number of carbonyl (C=O) groups is 2. The topological polar surface area (TPSA) is 86.8 Å². The van der Waals surface area contributed by atoms with Gasteiger partial charge >= 0.3 is 0 Å². The third-order valence-electron chi connectivity index (χ3n) is 7.04. The number of amides is 2. The summed E-state index contributed by atoms with van der Waals surface area (Å²) < 4.78 is 29.1. The average molecular weight is 584 g/mol. The molecule has 0 radical (unpaired) electrons. The fourth-order valence-corrected chi connectivity index (χ4v) is 5.80. The van der Waals surface area contributed by atoms with E-state index in [1.807, 2.05) is 52.0 Å². The van der Waals surface area contributed by atoms with Crippen molar-refractivity contribution in [2.45, 2.75) is 71.5 Å². The Kier molecular flexibility index (Phi) is 10.4. The molecule has 0 saturated heterocycles. The van der Waals surface area contributed by atoms with Gasteiger partial charge in [-0.25, -0.2) is 8.42 Å². The smallest absolute Gasteiger partial charge is 0.264 e. The SMILES string of the molecule is CC[C@@H](C)NC(=O)[C@H](C)N(Cc1ccc(C)cc1)C(=O)CN(c1cccc(Cl)c1C)S(=O)(=O)c1ccc(C)cc1. The van der Waals surface area contributed by atoms with Crippen LogP contribution in [0.3, 0.4) is 0 Å². The molecule has 0 fully saturated rings. The molecule has 3 aromatic rings. The molecule has 0 unspecified atom stereocenters. The summed E-state index contributed by atoms with van der Waals surface area (Å²) in [5, 5.41) is 3.32. The van der Waals surface area contributed by atoms with Gasteiger partial charge in [0.15, 0.2) is 0 Å². The first-order chi connectivity index (χ1) is 18.8. The summed E-state index contributed by atoms with van der Waals surface area (Å²) in [6.07, 6.45) is 0.737. The highest BCUT2D eigenvalue weighted by Crippen LogP contribution is 2.31. The van der Waals surface area contributed by atoms with Crippen LogP contribution in [-0.4, -0.2) is 43.8 Å². The van der Waals surface area contributed by atoms with Gasteiger partial charge in [-0.05, 0) is 76.4 Å². The molecular weight excluding hydrogens is 546 g/mol. The van der Waals surface area contributed by atoms with Crippen molar-refractivity contribution in [2.75, 3.05) is 10.8 Å². The molecule has 0 bridgehead atoms. The summed E-state index contributed by atoms with van der Waals surface area (Å²) in [6, 6.07) is 18.2. The van der Waals surface area contributed by atoms with Gasteiger partial charge in [-0.15, -0.1) is 0 Å². The van der Waals surface area contributed by atoms with Crippen molar-refractivity contribution in [3.63, 3.8) is 0 Å². The standard InChI is InChI=1S/C31H38ClN3O4S/c1-7-23(4)33-31(37)25(6)34(19-26-15-11-21(2)12-16-26)30(36)20-35(29-10-8-9-28(32)24(29)5)40(38,39)27-17-13-22(3)14-18-27/h8-18,23,25H,7,19-20H2,1-6H3,(H,33,37)/t23-,25+/m1/s1. The van der Waals surface area contributed by atoms with Gasteiger partial charge in [0.2, 0.25) is 11.8 Å². The normalized spacial score (nSPS) is 12.9. The molecule has 40 heavy (non-hydrogen) atoms. The lowest BCUT2D eigenvalue weighted by atomic mass is 10.1. The Morgan fingerprint density at radius 3 is 2.05 bits per heavy atom. The molecule has 0 aliphatic carbocycles. The summed E-state index contributed by atoms with van der Waals surface area (Å²) in [5.41, 5.74) is 3.63. The van der Waals surface area contributed by atoms with Crippen molar-refractivity contribution in [2.24, 2.45) is 0 Å². The Labute approximate surface area is 243 Å². The van der Waals surface area contributed by atoms with E-state index in [0.717, 1.165) is 27.4 Å². The minimum Gasteiger partial charge on any atom is -0.352 e. The van der Waals surface area contributed by atoms with Gasteiger partial charge in [0.05, 0.1) is 10.6 Å². The summed E-state index contributed by atoms with van der Waals surface area (Å²) in [5.74, 6) is -0.816. The number of hydrogen-bond acceptors (Lipinski definition) is 4. The Balaban J connectivity index is 2.06. The van der Waals surface area contributed by atoms with E-state index in [-0.39, 0.29) is 23.4 Å². The molecular formula is C31H38ClN3O4S. The zero-order valence-electron chi connectivity index (χ0n) is 23.9. The number of benzene rings is 3. The predicted molar refractivity (Wildman–Crippen MR) is 161 cm³/mol. The summed E-state index contributed by atoms with van der Waals surface area (Å²) >= 11 is 6.38.